The highest BCUT2D eigenvalue weighted by Gasteiger charge is 2.61. The van der Waals surface area contributed by atoms with Crippen LogP contribution in [0.1, 0.15) is 38.5 Å². The van der Waals surface area contributed by atoms with E-state index in [0.29, 0.717) is 18.3 Å². The molecule has 4 saturated carbocycles. The molecule has 0 heterocycles. The number of rotatable bonds is 4. The molecule has 0 spiro atoms. The van der Waals surface area contributed by atoms with Crippen molar-refractivity contribution in [3.63, 3.8) is 0 Å². The predicted molar refractivity (Wildman–Crippen MR) is 70.5 cm³/mol. The van der Waals surface area contributed by atoms with Crippen molar-refractivity contribution in [3.05, 3.63) is 0 Å². The third-order valence-corrected chi connectivity index (χ3v) is 5.34. The summed E-state index contributed by atoms with van der Waals surface area (Å²) in [6.45, 7) is 1.55. The van der Waals surface area contributed by atoms with E-state index in [1.54, 1.807) is 6.82 Å². The lowest BCUT2D eigenvalue weighted by Crippen LogP contribution is -2.65. The Labute approximate surface area is 113 Å². The van der Waals surface area contributed by atoms with E-state index >= 15 is 0 Å². The monoisotopic (exact) mass is 267 g/mol. The molecule has 6 heteroatoms. The Balaban J connectivity index is 1.91. The summed E-state index contributed by atoms with van der Waals surface area (Å²) in [5.74, 6) is -0.0146. The summed E-state index contributed by atoms with van der Waals surface area (Å²) in [5.41, 5.74) is -1.06. The van der Waals surface area contributed by atoms with Crippen LogP contribution in [0, 0.1) is 17.3 Å². The maximum Gasteiger partial charge on any atom is 0.374 e. The largest absolute Gasteiger partial charge is 0.480 e. The first-order valence-corrected chi connectivity index (χ1v) is 7.21. The molecule has 0 radical (unpaired) electrons. The van der Waals surface area contributed by atoms with Gasteiger partial charge in [-0.05, 0) is 62.6 Å². The van der Waals surface area contributed by atoms with Crippen LogP contribution in [0.15, 0.2) is 0 Å². The first-order valence-electron chi connectivity index (χ1n) is 7.21. The SMILES string of the molecule is CB(O)NC(C(=O)O)C12CC3CC(CC(O)(C3)C1)C2. The molecule has 106 valence electrons. The molecular weight excluding hydrogens is 245 g/mol. The quantitative estimate of drug-likeness (QED) is 0.556. The molecule has 19 heavy (non-hydrogen) atoms. The molecule has 4 fully saturated rings. The average Bonchev–Trinajstić information content (AvgIpc) is 2.21. The normalized spacial score (nSPS) is 45.2. The lowest BCUT2D eigenvalue weighted by atomic mass is 9.46. The second kappa shape index (κ2) is 4.20. The topological polar surface area (TPSA) is 89.8 Å². The van der Waals surface area contributed by atoms with E-state index in [1.165, 1.54) is 0 Å². The second-order valence-corrected chi connectivity index (χ2v) is 7.16. The Hall–Kier alpha value is -0.585. The zero-order valence-electron chi connectivity index (χ0n) is 11.3. The van der Waals surface area contributed by atoms with Crippen molar-refractivity contribution >= 4 is 13.0 Å². The molecule has 0 aromatic rings. The first-order chi connectivity index (χ1) is 8.82. The van der Waals surface area contributed by atoms with Gasteiger partial charge in [0.15, 0.2) is 0 Å². The Morgan fingerprint density at radius 1 is 1.32 bits per heavy atom. The number of hydrogen-bond acceptors (Lipinski definition) is 4. The summed E-state index contributed by atoms with van der Waals surface area (Å²) in [5, 5.41) is 32.5. The number of carbonyl (C=O) groups is 1. The summed E-state index contributed by atoms with van der Waals surface area (Å²) >= 11 is 0. The van der Waals surface area contributed by atoms with E-state index in [-0.39, 0.29) is 5.41 Å². The molecule has 0 aromatic carbocycles. The number of aliphatic hydroxyl groups is 1. The number of nitrogens with one attached hydrogen (secondary N) is 1. The van der Waals surface area contributed by atoms with Crippen LogP contribution in [0.2, 0.25) is 6.82 Å². The lowest BCUT2D eigenvalue weighted by Gasteiger charge is -2.61. The van der Waals surface area contributed by atoms with Crippen molar-refractivity contribution < 1.29 is 20.0 Å². The van der Waals surface area contributed by atoms with Gasteiger partial charge in [0.05, 0.1) is 5.60 Å². The van der Waals surface area contributed by atoms with Crippen molar-refractivity contribution in [2.24, 2.45) is 17.3 Å². The highest BCUT2D eigenvalue weighted by atomic mass is 16.4. The standard InChI is InChI=1S/C13H22BNO4/c1-14(19)15-10(11(16)17)12-3-8-2-9(4-12)6-13(18,5-8)7-12/h8-10,15,18-19H,2-7H2,1H3,(H,16,17). The van der Waals surface area contributed by atoms with Gasteiger partial charge in [-0.25, -0.2) is 0 Å². The van der Waals surface area contributed by atoms with Crippen molar-refractivity contribution in [1.82, 2.24) is 5.23 Å². The van der Waals surface area contributed by atoms with Gasteiger partial charge in [-0.2, -0.15) is 0 Å². The second-order valence-electron chi connectivity index (χ2n) is 7.16. The minimum absolute atomic E-state index is 0.387. The van der Waals surface area contributed by atoms with Gasteiger partial charge in [-0.1, -0.05) is 0 Å². The van der Waals surface area contributed by atoms with Gasteiger partial charge in [-0.15, -0.1) is 0 Å². The molecular formula is C13H22BNO4. The van der Waals surface area contributed by atoms with Crippen LogP contribution in [0.3, 0.4) is 0 Å². The zero-order valence-corrected chi connectivity index (χ0v) is 11.3. The molecule has 0 saturated heterocycles. The van der Waals surface area contributed by atoms with Crippen LogP contribution in [-0.4, -0.2) is 39.9 Å². The van der Waals surface area contributed by atoms with Crippen molar-refractivity contribution in [1.29, 1.82) is 0 Å². The number of carboxylic acid groups (broad SMARTS) is 1. The van der Waals surface area contributed by atoms with Crippen LogP contribution < -0.4 is 5.23 Å². The van der Waals surface area contributed by atoms with Gasteiger partial charge in [0, 0.05) is 0 Å². The van der Waals surface area contributed by atoms with E-state index in [4.69, 9.17) is 0 Å². The molecule has 4 rings (SSSR count). The van der Waals surface area contributed by atoms with Crippen LogP contribution in [0.4, 0.5) is 0 Å². The molecule has 0 amide bonds. The van der Waals surface area contributed by atoms with Crippen LogP contribution in [0.5, 0.6) is 0 Å². The molecule has 0 aliphatic heterocycles. The average molecular weight is 267 g/mol. The maximum atomic E-state index is 11.6. The molecule has 4 N–H and O–H groups in total. The Morgan fingerprint density at radius 3 is 2.32 bits per heavy atom. The fraction of sp³-hybridized carbons (Fsp3) is 0.923. The molecule has 4 aliphatic rings. The Morgan fingerprint density at radius 2 is 1.89 bits per heavy atom. The molecule has 4 aliphatic carbocycles. The highest BCUT2D eigenvalue weighted by molar-refractivity contribution is 6.46. The number of aliphatic carboxylic acids is 1. The van der Waals surface area contributed by atoms with Gasteiger partial charge in [0.2, 0.25) is 0 Å². The van der Waals surface area contributed by atoms with E-state index in [1.807, 2.05) is 0 Å². The fourth-order valence-electron chi connectivity index (χ4n) is 5.37. The summed E-state index contributed by atoms with van der Waals surface area (Å²) in [7, 11) is -0.844. The maximum absolute atomic E-state index is 11.6. The van der Waals surface area contributed by atoms with Gasteiger partial charge in [-0.3, -0.25) is 4.79 Å². The minimum Gasteiger partial charge on any atom is -0.480 e. The van der Waals surface area contributed by atoms with Crippen LogP contribution >= 0.6 is 0 Å². The van der Waals surface area contributed by atoms with Gasteiger partial charge >= 0.3 is 13.0 Å². The molecule has 0 aromatic heterocycles. The number of carboxylic acids is 1. The number of hydrogen-bond donors (Lipinski definition) is 4. The van der Waals surface area contributed by atoms with Gasteiger partial charge in [0.25, 0.3) is 0 Å². The third kappa shape index (κ3) is 2.20. The molecule has 5 nitrogen and oxygen atoms in total. The smallest absolute Gasteiger partial charge is 0.374 e. The summed E-state index contributed by atoms with van der Waals surface area (Å²) in [6.07, 6.45) is 5.07. The lowest BCUT2D eigenvalue weighted by molar-refractivity contribution is -0.181. The van der Waals surface area contributed by atoms with E-state index < -0.39 is 24.7 Å². The van der Waals surface area contributed by atoms with Crippen molar-refractivity contribution in [2.45, 2.75) is 57.0 Å². The summed E-state index contributed by atoms with van der Waals surface area (Å²) in [6, 6.07) is -0.759. The summed E-state index contributed by atoms with van der Waals surface area (Å²) in [4.78, 5) is 11.6. The fourth-order valence-corrected chi connectivity index (χ4v) is 5.37. The Bertz CT molecular complexity index is 386. The van der Waals surface area contributed by atoms with E-state index in [2.05, 4.69) is 5.23 Å². The predicted octanol–water partition coefficient (Wildman–Crippen LogP) is 0.471. The van der Waals surface area contributed by atoms with E-state index in [0.717, 1.165) is 32.1 Å². The molecule has 3 atom stereocenters. The van der Waals surface area contributed by atoms with E-state index in [9.17, 15) is 20.0 Å². The van der Waals surface area contributed by atoms with Crippen molar-refractivity contribution in [2.75, 3.05) is 0 Å². The van der Waals surface area contributed by atoms with Crippen LogP contribution in [-0.2, 0) is 4.79 Å². The minimum atomic E-state index is -0.911. The summed E-state index contributed by atoms with van der Waals surface area (Å²) < 4.78 is 0. The zero-order chi connectivity index (χ0) is 13.8. The molecule has 3 unspecified atom stereocenters. The van der Waals surface area contributed by atoms with Crippen molar-refractivity contribution in [3.8, 4) is 0 Å². The third-order valence-electron chi connectivity index (χ3n) is 5.34. The molecule has 4 bridgehead atoms. The van der Waals surface area contributed by atoms with Gasteiger partial charge < -0.3 is 20.5 Å². The first kappa shape index (κ1) is 13.4. The Kier molecular flexibility index (Phi) is 2.96. The highest BCUT2D eigenvalue weighted by Crippen LogP contribution is 2.62. The van der Waals surface area contributed by atoms with Crippen LogP contribution in [0.25, 0.3) is 0 Å². The van der Waals surface area contributed by atoms with Gasteiger partial charge in [0.1, 0.15) is 6.04 Å².